The molecule has 1 heterocycles. The predicted octanol–water partition coefficient (Wildman–Crippen LogP) is 4.99. The Morgan fingerprint density at radius 3 is 2.00 bits per heavy atom. The standard InChI is InChI=1S/C32H39F3N4O8/c1-31(2,3)47-29(42)38-18-24(14-15-26(38)28(41)37-36-27(40)23-16-25(17-23)46-32(33,34)35)39(45-20-22-12-8-5-9-13-22)30(43)44-19-21-10-6-4-7-11-21/h4-13,23-26H,14-20H2,1-3H3,(H,36,40)(H,37,41)/t23?,24-,25?,26+/m0/s1. The van der Waals surface area contributed by atoms with Gasteiger partial charge >= 0.3 is 18.5 Å². The molecule has 15 heteroatoms. The topological polar surface area (TPSA) is 136 Å². The van der Waals surface area contributed by atoms with E-state index in [1.54, 1.807) is 32.9 Å². The number of ether oxygens (including phenoxy) is 3. The number of hydrogen-bond donors (Lipinski definition) is 2. The summed E-state index contributed by atoms with van der Waals surface area (Å²) in [5.41, 5.74) is 5.13. The first-order valence-electron chi connectivity index (χ1n) is 15.2. The van der Waals surface area contributed by atoms with Gasteiger partial charge in [0.15, 0.2) is 0 Å². The van der Waals surface area contributed by atoms with E-state index in [-0.39, 0.29) is 45.4 Å². The first-order chi connectivity index (χ1) is 22.2. The van der Waals surface area contributed by atoms with Gasteiger partial charge in [0.25, 0.3) is 5.91 Å². The van der Waals surface area contributed by atoms with Gasteiger partial charge in [-0.1, -0.05) is 60.7 Å². The van der Waals surface area contributed by atoms with Crippen molar-refractivity contribution < 1.29 is 51.4 Å². The number of alkyl halides is 3. The number of carbonyl (C=O) groups is 4. The molecule has 4 rings (SSSR count). The Hall–Kier alpha value is -4.37. The van der Waals surface area contributed by atoms with Crippen LogP contribution in [0.3, 0.4) is 0 Å². The van der Waals surface area contributed by atoms with Crippen LogP contribution in [-0.4, -0.2) is 70.7 Å². The second-order valence-electron chi connectivity index (χ2n) is 12.3. The number of benzene rings is 2. The van der Waals surface area contributed by atoms with Crippen molar-refractivity contribution in [3.8, 4) is 0 Å². The van der Waals surface area contributed by atoms with E-state index in [1.807, 2.05) is 48.5 Å². The van der Waals surface area contributed by atoms with Crippen LogP contribution < -0.4 is 10.9 Å². The Morgan fingerprint density at radius 2 is 1.43 bits per heavy atom. The molecule has 1 saturated heterocycles. The van der Waals surface area contributed by atoms with Crippen molar-refractivity contribution in [2.45, 2.75) is 89.8 Å². The van der Waals surface area contributed by atoms with Gasteiger partial charge in [-0.3, -0.25) is 34.9 Å². The molecule has 2 aromatic rings. The summed E-state index contributed by atoms with van der Waals surface area (Å²) in [5, 5.41) is 1.07. The van der Waals surface area contributed by atoms with Gasteiger partial charge in [-0.25, -0.2) is 9.59 Å². The summed E-state index contributed by atoms with van der Waals surface area (Å²) in [6, 6.07) is 16.3. The van der Waals surface area contributed by atoms with E-state index in [2.05, 4.69) is 15.6 Å². The Labute approximate surface area is 270 Å². The van der Waals surface area contributed by atoms with Crippen LogP contribution in [0.5, 0.6) is 0 Å². The molecular weight excluding hydrogens is 625 g/mol. The van der Waals surface area contributed by atoms with Crippen molar-refractivity contribution >= 4 is 24.0 Å². The van der Waals surface area contributed by atoms with Crippen LogP contribution in [-0.2, 0) is 41.9 Å². The molecule has 256 valence electrons. The Morgan fingerprint density at radius 1 is 0.851 bits per heavy atom. The maximum Gasteiger partial charge on any atom is 0.522 e. The van der Waals surface area contributed by atoms with Crippen LogP contribution in [0.1, 0.15) is 57.6 Å². The van der Waals surface area contributed by atoms with Crippen LogP contribution in [0.2, 0.25) is 0 Å². The van der Waals surface area contributed by atoms with Gasteiger partial charge in [-0.2, -0.15) is 5.06 Å². The van der Waals surface area contributed by atoms with E-state index < -0.39 is 60.1 Å². The number of hydrazine groups is 1. The highest BCUT2D eigenvalue weighted by atomic mass is 19.4. The second kappa shape index (κ2) is 15.5. The summed E-state index contributed by atoms with van der Waals surface area (Å²) in [6.07, 6.45) is -7.61. The first kappa shape index (κ1) is 35.5. The van der Waals surface area contributed by atoms with Gasteiger partial charge in [0.1, 0.15) is 24.9 Å². The van der Waals surface area contributed by atoms with E-state index in [4.69, 9.17) is 14.3 Å². The fourth-order valence-corrected chi connectivity index (χ4v) is 5.12. The first-order valence-corrected chi connectivity index (χ1v) is 15.2. The van der Waals surface area contributed by atoms with Gasteiger partial charge < -0.3 is 9.47 Å². The van der Waals surface area contributed by atoms with Crippen molar-refractivity contribution in [2.24, 2.45) is 5.92 Å². The number of carbonyl (C=O) groups excluding carboxylic acids is 4. The highest BCUT2D eigenvalue weighted by Crippen LogP contribution is 2.34. The van der Waals surface area contributed by atoms with E-state index in [1.165, 1.54) is 0 Å². The molecule has 2 aliphatic rings. The molecule has 1 aliphatic heterocycles. The lowest BCUT2D eigenvalue weighted by Gasteiger charge is -2.42. The highest BCUT2D eigenvalue weighted by Gasteiger charge is 2.44. The number of rotatable bonds is 9. The molecule has 2 atom stereocenters. The normalized spacial score (nSPS) is 21.2. The van der Waals surface area contributed by atoms with Gasteiger partial charge in [0, 0.05) is 12.5 Å². The molecule has 47 heavy (non-hydrogen) atoms. The van der Waals surface area contributed by atoms with Crippen molar-refractivity contribution in [3.05, 3.63) is 71.8 Å². The summed E-state index contributed by atoms with van der Waals surface area (Å²) in [7, 11) is 0. The fourth-order valence-electron chi connectivity index (χ4n) is 5.12. The van der Waals surface area contributed by atoms with E-state index in [0.717, 1.165) is 21.1 Å². The number of likely N-dealkylation sites (tertiary alicyclic amines) is 1. The van der Waals surface area contributed by atoms with Crippen LogP contribution in [0.15, 0.2) is 60.7 Å². The monoisotopic (exact) mass is 664 g/mol. The number of nitrogens with zero attached hydrogens (tertiary/aromatic N) is 2. The molecule has 2 fully saturated rings. The number of hydrogen-bond acceptors (Lipinski definition) is 8. The quantitative estimate of drug-likeness (QED) is 0.358. The fraction of sp³-hybridized carbons (Fsp3) is 0.500. The minimum atomic E-state index is -4.80. The third-order valence-electron chi connectivity index (χ3n) is 7.49. The molecule has 1 saturated carbocycles. The maximum atomic E-state index is 13.4. The molecule has 0 unspecified atom stereocenters. The number of piperidine rings is 1. The third-order valence-corrected chi connectivity index (χ3v) is 7.49. The SMILES string of the molecule is CC(C)(C)OC(=O)N1C[C@@H](N(OCc2ccccc2)C(=O)OCc2ccccc2)CC[C@@H]1C(=O)NNC(=O)C1CC(OC(F)(F)F)C1. The van der Waals surface area contributed by atoms with Gasteiger partial charge in [0.05, 0.1) is 12.1 Å². The van der Waals surface area contributed by atoms with Crippen LogP contribution >= 0.6 is 0 Å². The van der Waals surface area contributed by atoms with Crippen LogP contribution in [0, 0.1) is 5.92 Å². The Bertz CT molecular complexity index is 1370. The zero-order valence-electron chi connectivity index (χ0n) is 26.3. The van der Waals surface area contributed by atoms with Crippen molar-refractivity contribution in [3.63, 3.8) is 0 Å². The van der Waals surface area contributed by atoms with E-state index >= 15 is 0 Å². The largest absolute Gasteiger partial charge is 0.522 e. The summed E-state index contributed by atoms with van der Waals surface area (Å²) >= 11 is 0. The Kier molecular flexibility index (Phi) is 11.7. The molecule has 0 radical (unpaired) electrons. The summed E-state index contributed by atoms with van der Waals surface area (Å²) in [6.45, 7) is 4.80. The number of amides is 4. The zero-order valence-corrected chi connectivity index (χ0v) is 26.3. The zero-order chi connectivity index (χ0) is 34.2. The molecule has 1 aliphatic carbocycles. The van der Waals surface area contributed by atoms with Gasteiger partial charge in [0.2, 0.25) is 5.91 Å². The third kappa shape index (κ3) is 10.8. The van der Waals surface area contributed by atoms with Crippen LogP contribution in [0.25, 0.3) is 0 Å². The smallest absolute Gasteiger partial charge is 0.444 e. The maximum absolute atomic E-state index is 13.4. The van der Waals surface area contributed by atoms with E-state index in [9.17, 15) is 32.3 Å². The average Bonchev–Trinajstić information content (AvgIpc) is 3.00. The molecule has 2 aromatic carbocycles. The lowest BCUT2D eigenvalue weighted by atomic mass is 9.82. The minimum absolute atomic E-state index is 0.0240. The molecular formula is C32H39F3N4O8. The lowest BCUT2D eigenvalue weighted by Crippen LogP contribution is -2.61. The van der Waals surface area contributed by atoms with Crippen molar-refractivity contribution in [2.75, 3.05) is 6.54 Å². The van der Waals surface area contributed by atoms with Gasteiger partial charge in [-0.15, -0.1) is 13.2 Å². The molecule has 12 nitrogen and oxygen atoms in total. The summed E-state index contributed by atoms with van der Waals surface area (Å²) in [5.74, 6) is -2.20. The number of nitrogens with one attached hydrogen (secondary N) is 2. The molecule has 0 bridgehead atoms. The van der Waals surface area contributed by atoms with Crippen molar-refractivity contribution in [1.29, 1.82) is 0 Å². The lowest BCUT2D eigenvalue weighted by molar-refractivity contribution is -0.353. The predicted molar refractivity (Wildman–Crippen MR) is 159 cm³/mol. The Balaban J connectivity index is 1.44. The summed E-state index contributed by atoms with van der Waals surface area (Å²) in [4.78, 5) is 59.6. The average molecular weight is 665 g/mol. The minimum Gasteiger partial charge on any atom is -0.444 e. The highest BCUT2D eigenvalue weighted by molar-refractivity contribution is 5.89. The molecule has 0 aromatic heterocycles. The molecule has 0 spiro atoms. The summed E-state index contributed by atoms with van der Waals surface area (Å²) < 4.78 is 52.3. The van der Waals surface area contributed by atoms with Crippen molar-refractivity contribution in [1.82, 2.24) is 20.8 Å². The molecule has 4 amide bonds. The number of halogens is 3. The van der Waals surface area contributed by atoms with E-state index in [0.29, 0.717) is 0 Å². The second-order valence-corrected chi connectivity index (χ2v) is 12.3. The number of hydroxylamine groups is 2. The van der Waals surface area contributed by atoms with Crippen LogP contribution in [0.4, 0.5) is 22.8 Å². The van der Waals surface area contributed by atoms with Gasteiger partial charge in [-0.05, 0) is 57.6 Å². The molecule has 2 N–H and O–H groups in total.